The van der Waals surface area contributed by atoms with Gasteiger partial charge in [-0.25, -0.2) is 4.79 Å². The van der Waals surface area contributed by atoms with Crippen LogP contribution in [-0.2, 0) is 12.2 Å². The normalized spacial score (nSPS) is 15.5. The molecule has 2 aromatic heterocycles. The van der Waals surface area contributed by atoms with Crippen molar-refractivity contribution in [1.82, 2.24) is 14.9 Å². The minimum absolute atomic E-state index is 0.162. The molecule has 6 heteroatoms. The number of fused-ring (bicyclic) bond motifs is 1. The highest BCUT2D eigenvalue weighted by atomic mass is 32.2. The number of anilines is 1. The van der Waals surface area contributed by atoms with Crippen molar-refractivity contribution in [2.45, 2.75) is 17.5 Å². The Morgan fingerprint density at radius 3 is 2.88 bits per heavy atom. The second kappa shape index (κ2) is 7.66. The lowest BCUT2D eigenvalue weighted by atomic mass is 10.1. The summed E-state index contributed by atoms with van der Waals surface area (Å²) in [5, 5.41) is 6.13. The van der Waals surface area contributed by atoms with Crippen LogP contribution in [0.15, 0.2) is 67.1 Å². The van der Waals surface area contributed by atoms with Gasteiger partial charge < -0.3 is 15.2 Å². The molecule has 132 valence electrons. The van der Waals surface area contributed by atoms with Gasteiger partial charge in [0.25, 0.3) is 0 Å². The Bertz CT molecular complexity index is 879. The molecule has 0 saturated heterocycles. The molecule has 1 aliphatic heterocycles. The molecule has 4 rings (SSSR count). The molecule has 1 unspecified atom stereocenters. The van der Waals surface area contributed by atoms with E-state index in [9.17, 15) is 4.79 Å². The maximum Gasteiger partial charge on any atom is 0.319 e. The number of nitrogens with zero attached hydrogens (tertiary/aromatic N) is 2. The van der Waals surface area contributed by atoms with Gasteiger partial charge in [0.15, 0.2) is 0 Å². The van der Waals surface area contributed by atoms with Crippen LogP contribution >= 0.6 is 11.8 Å². The van der Waals surface area contributed by atoms with Gasteiger partial charge in [0, 0.05) is 36.5 Å². The number of carbonyl (C=O) groups is 1. The summed E-state index contributed by atoms with van der Waals surface area (Å²) < 4.78 is 2.21. The lowest BCUT2D eigenvalue weighted by Gasteiger charge is -2.12. The number of amides is 2. The van der Waals surface area contributed by atoms with Crippen LogP contribution in [0.3, 0.4) is 0 Å². The molecule has 0 saturated carbocycles. The van der Waals surface area contributed by atoms with Crippen molar-refractivity contribution in [1.29, 1.82) is 0 Å². The average Bonchev–Trinajstić information content (AvgIpc) is 3.26. The van der Waals surface area contributed by atoms with Crippen LogP contribution in [0.4, 0.5) is 10.5 Å². The predicted octanol–water partition coefficient (Wildman–Crippen LogP) is 4.04. The summed E-state index contributed by atoms with van der Waals surface area (Å²) in [4.78, 5) is 16.4. The third-order valence-corrected chi connectivity index (χ3v) is 5.67. The van der Waals surface area contributed by atoms with E-state index < -0.39 is 0 Å². The molecular formula is C20H20N4OS. The number of nitrogens with one attached hydrogen (secondary N) is 2. The van der Waals surface area contributed by atoms with E-state index >= 15 is 0 Å². The first-order valence-electron chi connectivity index (χ1n) is 8.61. The Morgan fingerprint density at radius 1 is 1.19 bits per heavy atom. The van der Waals surface area contributed by atoms with Crippen molar-refractivity contribution >= 4 is 23.5 Å². The molecule has 2 N–H and O–H groups in total. The monoisotopic (exact) mass is 364 g/mol. The van der Waals surface area contributed by atoms with Gasteiger partial charge in [-0.05, 0) is 24.1 Å². The van der Waals surface area contributed by atoms with Crippen LogP contribution in [0.25, 0.3) is 0 Å². The molecule has 2 amide bonds. The average molecular weight is 364 g/mol. The largest absolute Gasteiger partial charge is 0.338 e. The minimum atomic E-state index is -0.162. The first kappa shape index (κ1) is 16.7. The molecular weight excluding hydrogens is 344 g/mol. The van der Waals surface area contributed by atoms with E-state index in [0.717, 1.165) is 23.6 Å². The lowest BCUT2D eigenvalue weighted by Crippen LogP contribution is -2.30. The van der Waals surface area contributed by atoms with E-state index in [1.165, 1.54) is 11.1 Å². The number of benzene rings is 1. The van der Waals surface area contributed by atoms with Gasteiger partial charge in [-0.2, -0.15) is 0 Å². The molecule has 0 aliphatic carbocycles. The maximum atomic E-state index is 12.2. The van der Waals surface area contributed by atoms with Crippen molar-refractivity contribution in [3.8, 4) is 0 Å². The second-order valence-corrected chi connectivity index (χ2v) is 7.22. The molecule has 26 heavy (non-hydrogen) atoms. The van der Waals surface area contributed by atoms with Gasteiger partial charge in [-0.1, -0.05) is 36.4 Å². The van der Waals surface area contributed by atoms with Crippen molar-refractivity contribution in [2.24, 2.45) is 0 Å². The van der Waals surface area contributed by atoms with Crippen LogP contribution in [0, 0.1) is 0 Å². The Labute approximate surface area is 156 Å². The smallest absolute Gasteiger partial charge is 0.319 e. The number of aromatic nitrogens is 2. The topological polar surface area (TPSA) is 59.0 Å². The zero-order valence-electron chi connectivity index (χ0n) is 14.3. The Balaban J connectivity index is 1.36. The molecule has 3 heterocycles. The Kier molecular flexibility index (Phi) is 4.93. The summed E-state index contributed by atoms with van der Waals surface area (Å²) in [5.41, 5.74) is 4.40. The van der Waals surface area contributed by atoms with Crippen molar-refractivity contribution < 1.29 is 4.79 Å². The first-order chi connectivity index (χ1) is 12.8. The van der Waals surface area contributed by atoms with Crippen LogP contribution in [0.2, 0.25) is 0 Å². The highest BCUT2D eigenvalue weighted by Gasteiger charge is 2.26. The van der Waals surface area contributed by atoms with Gasteiger partial charge in [-0.15, -0.1) is 11.8 Å². The predicted molar refractivity (Wildman–Crippen MR) is 105 cm³/mol. The van der Waals surface area contributed by atoms with Crippen molar-refractivity contribution in [3.05, 3.63) is 83.9 Å². The number of pyridine rings is 1. The summed E-state index contributed by atoms with van der Waals surface area (Å²) in [6, 6.07) is 16.0. The van der Waals surface area contributed by atoms with Gasteiger partial charge in [-0.3, -0.25) is 4.98 Å². The summed E-state index contributed by atoms with van der Waals surface area (Å²) >= 11 is 1.84. The maximum absolute atomic E-state index is 12.2. The van der Waals surface area contributed by atoms with Gasteiger partial charge >= 0.3 is 6.03 Å². The zero-order chi connectivity index (χ0) is 17.8. The molecule has 0 spiro atoms. The zero-order valence-corrected chi connectivity index (χ0v) is 15.1. The number of carbonyl (C=O) groups excluding carboxylic acids is 1. The molecule has 0 radical (unpaired) electrons. The van der Waals surface area contributed by atoms with Crippen LogP contribution < -0.4 is 10.6 Å². The molecule has 1 aromatic carbocycles. The third-order valence-electron chi connectivity index (χ3n) is 4.41. The fourth-order valence-electron chi connectivity index (χ4n) is 3.11. The van der Waals surface area contributed by atoms with Crippen molar-refractivity contribution in [3.63, 3.8) is 0 Å². The second-order valence-electron chi connectivity index (χ2n) is 6.15. The SMILES string of the molecule is O=C(NCCc1ccccc1)Nc1ccn2c1CSC2c1cccnc1. The fraction of sp³-hybridized carbons (Fsp3) is 0.200. The standard InChI is InChI=1S/C20H20N4OS/c25-20(22-11-8-15-5-2-1-3-6-15)23-17-9-12-24-18(17)14-26-19(24)16-7-4-10-21-13-16/h1-7,9-10,12-13,19H,8,11,14H2,(H2,22,23,25). The number of hydrogen-bond acceptors (Lipinski definition) is 3. The molecule has 1 aliphatic rings. The molecule has 0 bridgehead atoms. The van der Waals surface area contributed by atoms with Gasteiger partial charge in [0.2, 0.25) is 0 Å². The number of thioether (sulfide) groups is 1. The number of urea groups is 1. The van der Waals surface area contributed by atoms with E-state index in [4.69, 9.17) is 0 Å². The molecule has 3 aromatic rings. The molecule has 1 atom stereocenters. The summed E-state index contributed by atoms with van der Waals surface area (Å²) in [6.07, 6.45) is 6.54. The third kappa shape index (κ3) is 3.60. The van der Waals surface area contributed by atoms with E-state index in [1.54, 1.807) is 6.20 Å². The van der Waals surface area contributed by atoms with E-state index in [1.807, 2.05) is 54.5 Å². The quantitative estimate of drug-likeness (QED) is 0.718. The van der Waals surface area contributed by atoms with Gasteiger partial charge in [0.05, 0.1) is 11.4 Å². The van der Waals surface area contributed by atoms with E-state index in [2.05, 4.69) is 38.4 Å². The van der Waals surface area contributed by atoms with Crippen LogP contribution in [-0.4, -0.2) is 22.1 Å². The number of hydrogen-bond donors (Lipinski definition) is 2. The highest BCUT2D eigenvalue weighted by molar-refractivity contribution is 7.99. The van der Waals surface area contributed by atoms with E-state index in [-0.39, 0.29) is 11.4 Å². The summed E-state index contributed by atoms with van der Waals surface area (Å²) in [7, 11) is 0. The number of rotatable bonds is 5. The Morgan fingerprint density at radius 2 is 2.08 bits per heavy atom. The summed E-state index contributed by atoms with van der Waals surface area (Å²) in [6.45, 7) is 0.610. The Hall–Kier alpha value is -2.73. The lowest BCUT2D eigenvalue weighted by molar-refractivity contribution is 0.252. The molecule has 0 fully saturated rings. The minimum Gasteiger partial charge on any atom is -0.338 e. The van der Waals surface area contributed by atoms with Gasteiger partial charge in [0.1, 0.15) is 5.37 Å². The molecule has 5 nitrogen and oxygen atoms in total. The van der Waals surface area contributed by atoms with Crippen LogP contribution in [0.5, 0.6) is 0 Å². The van der Waals surface area contributed by atoms with E-state index in [0.29, 0.717) is 6.54 Å². The van der Waals surface area contributed by atoms with Crippen molar-refractivity contribution in [2.75, 3.05) is 11.9 Å². The van der Waals surface area contributed by atoms with Crippen LogP contribution in [0.1, 0.15) is 22.2 Å². The fourth-order valence-corrected chi connectivity index (χ4v) is 4.42. The first-order valence-corrected chi connectivity index (χ1v) is 9.66. The summed E-state index contributed by atoms with van der Waals surface area (Å²) in [5.74, 6) is 0.867. The highest BCUT2D eigenvalue weighted by Crippen LogP contribution is 2.43.